The van der Waals surface area contributed by atoms with Crippen LogP contribution in [0.15, 0.2) is 45.5 Å². The molecule has 0 amide bonds. The summed E-state index contributed by atoms with van der Waals surface area (Å²) in [5, 5.41) is 0. The fraction of sp³-hybridized carbons (Fsp3) is 0.0909. The molecule has 0 aliphatic rings. The van der Waals surface area contributed by atoms with Crippen LogP contribution < -0.4 is 0 Å². The molecule has 1 aromatic heterocycles. The van der Waals surface area contributed by atoms with Gasteiger partial charge in [-0.25, -0.2) is 0 Å². The molecule has 0 atom stereocenters. The van der Waals surface area contributed by atoms with E-state index in [0.29, 0.717) is 0 Å². The number of benzene rings is 1. The van der Waals surface area contributed by atoms with Gasteiger partial charge in [-0.2, -0.15) is 0 Å². The van der Waals surface area contributed by atoms with E-state index in [2.05, 4.69) is 28.9 Å². The fourth-order valence-corrected chi connectivity index (χ4v) is 1.49. The minimum Gasteiger partial charge on any atom is -0.464 e. The molecule has 13 heavy (non-hydrogen) atoms. The average molecular weight is 237 g/mol. The molecule has 2 rings (SSSR count). The molecular formula is C11H9BrO. The molecule has 0 N–H and O–H groups in total. The summed E-state index contributed by atoms with van der Waals surface area (Å²) in [6.45, 7) is 2.07. The van der Waals surface area contributed by atoms with Crippen LogP contribution in [-0.4, -0.2) is 0 Å². The first kappa shape index (κ1) is 8.57. The molecule has 0 aliphatic carbocycles. The number of hydrogen-bond acceptors (Lipinski definition) is 1. The molecule has 0 bridgehead atoms. The zero-order chi connectivity index (χ0) is 9.26. The molecular weight excluding hydrogens is 228 g/mol. The molecule has 2 heteroatoms. The van der Waals surface area contributed by atoms with Crippen LogP contribution in [0, 0.1) is 6.92 Å². The minimum atomic E-state index is 0.913. The van der Waals surface area contributed by atoms with Crippen LogP contribution in [0.25, 0.3) is 11.3 Å². The third-order valence-electron chi connectivity index (χ3n) is 1.96. The maximum Gasteiger partial charge on any atom is 0.133 e. The lowest BCUT2D eigenvalue weighted by Crippen LogP contribution is -1.78. The number of aryl methyl sites for hydroxylation is 1. The molecule has 1 aromatic carbocycles. The van der Waals surface area contributed by atoms with Crippen molar-refractivity contribution in [2.24, 2.45) is 0 Å². The molecule has 0 unspecified atom stereocenters. The first-order chi connectivity index (χ1) is 6.27. The van der Waals surface area contributed by atoms with Gasteiger partial charge in [0, 0.05) is 10.0 Å². The number of halogens is 1. The van der Waals surface area contributed by atoms with Gasteiger partial charge in [0.2, 0.25) is 0 Å². The highest BCUT2D eigenvalue weighted by Crippen LogP contribution is 2.24. The first-order valence-corrected chi connectivity index (χ1v) is 4.87. The van der Waals surface area contributed by atoms with Gasteiger partial charge in [0.15, 0.2) is 0 Å². The van der Waals surface area contributed by atoms with E-state index in [1.165, 1.54) is 5.56 Å². The molecule has 0 saturated carbocycles. The van der Waals surface area contributed by atoms with Crippen LogP contribution in [0.5, 0.6) is 0 Å². The maximum atomic E-state index is 5.30. The Morgan fingerprint density at radius 2 is 2.08 bits per heavy atom. The van der Waals surface area contributed by atoms with E-state index in [0.717, 1.165) is 15.8 Å². The van der Waals surface area contributed by atoms with Crippen molar-refractivity contribution in [2.45, 2.75) is 6.92 Å². The summed E-state index contributed by atoms with van der Waals surface area (Å²) < 4.78 is 6.43. The van der Waals surface area contributed by atoms with Gasteiger partial charge in [-0.05, 0) is 36.8 Å². The predicted octanol–water partition coefficient (Wildman–Crippen LogP) is 4.02. The maximum absolute atomic E-state index is 5.30. The lowest BCUT2D eigenvalue weighted by molar-refractivity contribution is 0.582. The third-order valence-corrected chi connectivity index (χ3v) is 2.85. The Labute approximate surface area is 85.5 Å². The molecule has 1 nitrogen and oxygen atoms in total. The Hall–Kier alpha value is -1.02. The van der Waals surface area contributed by atoms with Crippen LogP contribution >= 0.6 is 15.9 Å². The summed E-state index contributed by atoms with van der Waals surface area (Å²) in [5.74, 6) is 0.913. The fourth-order valence-electron chi connectivity index (χ4n) is 1.24. The van der Waals surface area contributed by atoms with Crippen molar-refractivity contribution in [1.29, 1.82) is 0 Å². The quantitative estimate of drug-likeness (QED) is 0.730. The van der Waals surface area contributed by atoms with E-state index < -0.39 is 0 Å². The van der Waals surface area contributed by atoms with Gasteiger partial charge in [0.1, 0.15) is 5.76 Å². The molecule has 2 aromatic rings. The van der Waals surface area contributed by atoms with Crippen molar-refractivity contribution >= 4 is 15.9 Å². The zero-order valence-corrected chi connectivity index (χ0v) is 8.84. The Kier molecular flexibility index (Phi) is 2.23. The van der Waals surface area contributed by atoms with E-state index in [1.54, 1.807) is 6.26 Å². The van der Waals surface area contributed by atoms with Crippen molar-refractivity contribution in [3.05, 3.63) is 46.6 Å². The summed E-state index contributed by atoms with van der Waals surface area (Å²) >= 11 is 3.46. The van der Waals surface area contributed by atoms with Gasteiger partial charge in [-0.15, -0.1) is 0 Å². The van der Waals surface area contributed by atoms with Crippen LogP contribution in [0.3, 0.4) is 0 Å². The van der Waals surface area contributed by atoms with Gasteiger partial charge >= 0.3 is 0 Å². The third kappa shape index (κ3) is 1.68. The van der Waals surface area contributed by atoms with Gasteiger partial charge in [0.25, 0.3) is 0 Å². The molecule has 0 saturated heterocycles. The standard InChI is InChI=1S/C11H9BrO/c1-8-7-9(4-5-10(8)12)11-3-2-6-13-11/h2-7H,1H3. The van der Waals surface area contributed by atoms with E-state index in [4.69, 9.17) is 4.42 Å². The van der Waals surface area contributed by atoms with Crippen molar-refractivity contribution in [3.8, 4) is 11.3 Å². The molecule has 0 fully saturated rings. The Bertz CT molecular complexity index is 404. The van der Waals surface area contributed by atoms with E-state index in [1.807, 2.05) is 24.3 Å². The van der Waals surface area contributed by atoms with Crippen LogP contribution in [0.2, 0.25) is 0 Å². The van der Waals surface area contributed by atoms with Gasteiger partial charge < -0.3 is 4.42 Å². The second kappa shape index (κ2) is 3.38. The van der Waals surface area contributed by atoms with Crippen molar-refractivity contribution < 1.29 is 4.42 Å². The molecule has 0 radical (unpaired) electrons. The predicted molar refractivity (Wildman–Crippen MR) is 56.6 cm³/mol. The highest BCUT2D eigenvalue weighted by molar-refractivity contribution is 9.10. The van der Waals surface area contributed by atoms with Gasteiger partial charge in [-0.3, -0.25) is 0 Å². The summed E-state index contributed by atoms with van der Waals surface area (Å²) in [6.07, 6.45) is 1.69. The van der Waals surface area contributed by atoms with Crippen molar-refractivity contribution in [1.82, 2.24) is 0 Å². The molecule has 0 spiro atoms. The molecule has 66 valence electrons. The normalized spacial score (nSPS) is 10.3. The summed E-state index contributed by atoms with van der Waals surface area (Å²) in [4.78, 5) is 0. The Morgan fingerprint density at radius 3 is 2.69 bits per heavy atom. The smallest absolute Gasteiger partial charge is 0.133 e. The van der Waals surface area contributed by atoms with Crippen LogP contribution in [0.4, 0.5) is 0 Å². The SMILES string of the molecule is Cc1cc(-c2ccco2)ccc1Br. The van der Waals surface area contributed by atoms with E-state index in [-0.39, 0.29) is 0 Å². The topological polar surface area (TPSA) is 13.1 Å². The highest BCUT2D eigenvalue weighted by atomic mass is 79.9. The second-order valence-electron chi connectivity index (χ2n) is 2.94. The number of furan rings is 1. The summed E-state index contributed by atoms with van der Waals surface area (Å²) in [6, 6.07) is 10.0. The molecule has 1 heterocycles. The summed E-state index contributed by atoms with van der Waals surface area (Å²) in [7, 11) is 0. The van der Waals surface area contributed by atoms with Crippen molar-refractivity contribution in [2.75, 3.05) is 0 Å². The van der Waals surface area contributed by atoms with E-state index >= 15 is 0 Å². The minimum absolute atomic E-state index is 0.913. The van der Waals surface area contributed by atoms with Crippen molar-refractivity contribution in [3.63, 3.8) is 0 Å². The number of hydrogen-bond donors (Lipinski definition) is 0. The highest BCUT2D eigenvalue weighted by Gasteiger charge is 2.01. The van der Waals surface area contributed by atoms with E-state index in [9.17, 15) is 0 Å². The largest absolute Gasteiger partial charge is 0.464 e. The molecule has 0 aliphatic heterocycles. The first-order valence-electron chi connectivity index (χ1n) is 4.07. The van der Waals surface area contributed by atoms with Crippen LogP contribution in [-0.2, 0) is 0 Å². The lowest BCUT2D eigenvalue weighted by Gasteiger charge is -2.00. The van der Waals surface area contributed by atoms with Crippen LogP contribution in [0.1, 0.15) is 5.56 Å². The average Bonchev–Trinajstić information content (AvgIpc) is 2.62. The van der Waals surface area contributed by atoms with Gasteiger partial charge in [0.05, 0.1) is 6.26 Å². The monoisotopic (exact) mass is 236 g/mol. The van der Waals surface area contributed by atoms with Gasteiger partial charge in [-0.1, -0.05) is 22.0 Å². The lowest BCUT2D eigenvalue weighted by atomic mass is 10.1. The Morgan fingerprint density at radius 1 is 1.23 bits per heavy atom. The summed E-state index contributed by atoms with van der Waals surface area (Å²) in [5.41, 5.74) is 2.33. The second-order valence-corrected chi connectivity index (χ2v) is 3.80. The number of rotatable bonds is 1. The Balaban J connectivity index is 2.49. The zero-order valence-electron chi connectivity index (χ0n) is 7.25.